The first-order chi connectivity index (χ1) is 15.4. The van der Waals surface area contributed by atoms with E-state index in [1.807, 2.05) is 18.2 Å². The minimum atomic E-state index is -0.571. The summed E-state index contributed by atoms with van der Waals surface area (Å²) >= 11 is 0. The van der Waals surface area contributed by atoms with E-state index in [9.17, 15) is 14.4 Å². The van der Waals surface area contributed by atoms with Gasteiger partial charge in [0.25, 0.3) is 11.8 Å². The molecule has 0 aliphatic carbocycles. The summed E-state index contributed by atoms with van der Waals surface area (Å²) in [5, 5.41) is 2.74. The molecular weight excluding hydrogens is 408 g/mol. The van der Waals surface area contributed by atoms with E-state index in [4.69, 9.17) is 9.47 Å². The van der Waals surface area contributed by atoms with E-state index in [1.165, 1.54) is 12.0 Å². The molecular formula is C25H24N2O5. The van der Waals surface area contributed by atoms with Crippen LogP contribution in [0, 0.1) is 0 Å². The molecule has 0 aromatic heterocycles. The van der Waals surface area contributed by atoms with E-state index in [0.29, 0.717) is 29.2 Å². The van der Waals surface area contributed by atoms with Crippen molar-refractivity contribution in [2.45, 2.75) is 6.92 Å². The molecule has 0 bridgehead atoms. The van der Waals surface area contributed by atoms with Crippen LogP contribution in [0.3, 0.4) is 0 Å². The zero-order chi connectivity index (χ0) is 23.1. The molecule has 2 amide bonds. The fourth-order valence-electron chi connectivity index (χ4n) is 3.27. The Morgan fingerprint density at radius 1 is 1.09 bits per heavy atom. The quantitative estimate of drug-likeness (QED) is 0.392. The minimum absolute atomic E-state index is 0.140. The molecule has 0 fully saturated rings. The van der Waals surface area contributed by atoms with Gasteiger partial charge in [-0.1, -0.05) is 36.4 Å². The van der Waals surface area contributed by atoms with Crippen LogP contribution in [0.4, 0.5) is 5.69 Å². The molecule has 1 N–H and O–H groups in total. The van der Waals surface area contributed by atoms with Gasteiger partial charge in [-0.2, -0.15) is 0 Å². The summed E-state index contributed by atoms with van der Waals surface area (Å²) in [6.45, 7) is 5.51. The van der Waals surface area contributed by atoms with Crippen molar-refractivity contribution in [2.75, 3.05) is 25.6 Å². The van der Waals surface area contributed by atoms with Crippen molar-refractivity contribution in [2.24, 2.45) is 0 Å². The lowest BCUT2D eigenvalue weighted by Crippen LogP contribution is -2.24. The molecule has 3 rings (SSSR count). The van der Waals surface area contributed by atoms with Gasteiger partial charge in [0.2, 0.25) is 0 Å². The highest BCUT2D eigenvalue weighted by Crippen LogP contribution is 2.31. The molecule has 7 nitrogen and oxygen atoms in total. The smallest absolute Gasteiger partial charge is 0.340 e. The second kappa shape index (κ2) is 10.3. The molecule has 0 saturated heterocycles. The van der Waals surface area contributed by atoms with Gasteiger partial charge >= 0.3 is 5.97 Å². The van der Waals surface area contributed by atoms with Crippen LogP contribution >= 0.6 is 0 Å². The summed E-state index contributed by atoms with van der Waals surface area (Å²) in [5.41, 5.74) is 2.41. The number of hydrogen-bond donors (Lipinski definition) is 1. The van der Waals surface area contributed by atoms with Gasteiger partial charge in [-0.05, 0) is 42.8 Å². The number of allylic oxidation sites excluding steroid dienone is 1. The maximum Gasteiger partial charge on any atom is 0.340 e. The molecule has 1 heterocycles. The normalized spacial score (nSPS) is 14.5. The predicted octanol–water partition coefficient (Wildman–Crippen LogP) is 3.56. The summed E-state index contributed by atoms with van der Waals surface area (Å²) in [6.07, 6.45) is 3.23. The third-order valence-corrected chi connectivity index (χ3v) is 4.83. The molecule has 0 unspecified atom stereocenters. The maximum atomic E-state index is 12.8. The molecule has 0 spiro atoms. The van der Waals surface area contributed by atoms with Gasteiger partial charge in [-0.15, -0.1) is 6.58 Å². The maximum absolute atomic E-state index is 12.8. The number of rotatable bonds is 8. The Hall–Kier alpha value is -4.13. The van der Waals surface area contributed by atoms with Gasteiger partial charge in [-0.25, -0.2) is 4.79 Å². The van der Waals surface area contributed by atoms with Crippen LogP contribution in [0.5, 0.6) is 5.75 Å². The Morgan fingerprint density at radius 3 is 2.41 bits per heavy atom. The Kier molecular flexibility index (Phi) is 7.23. The monoisotopic (exact) mass is 432 g/mol. The molecule has 0 saturated carbocycles. The average molecular weight is 432 g/mol. The molecule has 0 atom stereocenters. The van der Waals surface area contributed by atoms with Crippen molar-refractivity contribution in [3.8, 4) is 5.75 Å². The lowest BCUT2D eigenvalue weighted by atomic mass is 10.0. The number of hydrogen-bond acceptors (Lipinski definition) is 5. The summed E-state index contributed by atoms with van der Waals surface area (Å²) in [5.74, 6) is -0.635. The molecule has 7 heteroatoms. The first kappa shape index (κ1) is 22.6. The van der Waals surface area contributed by atoms with E-state index < -0.39 is 5.97 Å². The second-order valence-corrected chi connectivity index (χ2v) is 6.99. The van der Waals surface area contributed by atoms with Gasteiger partial charge < -0.3 is 19.7 Å². The van der Waals surface area contributed by atoms with Crippen molar-refractivity contribution < 1.29 is 23.9 Å². The van der Waals surface area contributed by atoms with E-state index in [1.54, 1.807) is 55.5 Å². The number of anilines is 1. The molecule has 0 radical (unpaired) electrons. The first-order valence-electron chi connectivity index (χ1n) is 9.96. The van der Waals surface area contributed by atoms with Crippen molar-refractivity contribution in [1.29, 1.82) is 0 Å². The Labute approximate surface area is 186 Å². The molecule has 1 aliphatic heterocycles. The lowest BCUT2D eigenvalue weighted by molar-refractivity contribution is -0.136. The average Bonchev–Trinajstić information content (AvgIpc) is 3.03. The van der Waals surface area contributed by atoms with Crippen molar-refractivity contribution in [1.82, 2.24) is 4.90 Å². The van der Waals surface area contributed by atoms with Crippen LogP contribution < -0.4 is 10.1 Å². The highest BCUT2D eigenvalue weighted by atomic mass is 16.5. The zero-order valence-electron chi connectivity index (χ0n) is 18.0. The molecule has 32 heavy (non-hydrogen) atoms. The number of para-hydroxylation sites is 1. The topological polar surface area (TPSA) is 84.9 Å². The Morgan fingerprint density at radius 2 is 1.78 bits per heavy atom. The summed E-state index contributed by atoms with van der Waals surface area (Å²) < 4.78 is 10.4. The van der Waals surface area contributed by atoms with E-state index in [2.05, 4.69) is 11.9 Å². The van der Waals surface area contributed by atoms with Gasteiger partial charge in [0, 0.05) is 17.9 Å². The number of carbonyl (C=O) groups is 3. The van der Waals surface area contributed by atoms with Crippen molar-refractivity contribution in [3.63, 3.8) is 0 Å². The largest absolute Gasteiger partial charge is 0.484 e. The van der Waals surface area contributed by atoms with Gasteiger partial charge in [0.15, 0.2) is 6.61 Å². The molecule has 1 aliphatic rings. The molecule has 2 aromatic carbocycles. The number of benzene rings is 2. The van der Waals surface area contributed by atoms with Crippen molar-refractivity contribution in [3.05, 3.63) is 89.7 Å². The molecule has 164 valence electrons. The second-order valence-electron chi connectivity index (χ2n) is 6.99. The van der Waals surface area contributed by atoms with E-state index in [0.717, 1.165) is 0 Å². The Balaban J connectivity index is 1.71. The number of ether oxygens (including phenoxy) is 2. The third-order valence-electron chi connectivity index (χ3n) is 4.83. The number of carbonyl (C=O) groups excluding carboxylic acids is 3. The fourth-order valence-corrected chi connectivity index (χ4v) is 3.27. The van der Waals surface area contributed by atoms with Gasteiger partial charge in [0.1, 0.15) is 5.75 Å². The highest BCUT2D eigenvalue weighted by Gasteiger charge is 2.36. The molecule has 2 aromatic rings. The van der Waals surface area contributed by atoms with Gasteiger partial charge in [-0.3, -0.25) is 9.59 Å². The predicted molar refractivity (Wildman–Crippen MR) is 122 cm³/mol. The van der Waals surface area contributed by atoms with Crippen molar-refractivity contribution >= 4 is 29.5 Å². The number of nitrogens with one attached hydrogen (secondary N) is 1. The summed E-state index contributed by atoms with van der Waals surface area (Å²) in [7, 11) is 1.28. The van der Waals surface area contributed by atoms with Crippen LogP contribution in [-0.4, -0.2) is 42.9 Å². The number of methoxy groups -OCH3 is 1. The lowest BCUT2D eigenvalue weighted by Gasteiger charge is -2.14. The van der Waals surface area contributed by atoms with Crippen LogP contribution in [0.2, 0.25) is 0 Å². The number of amides is 2. The number of nitrogens with zero attached hydrogens (tertiary/aromatic N) is 1. The SMILES string of the molecule is C=CCN1C(=O)C(=Cc2ccc(OCC(=O)Nc3ccccc3)cc2)C(C(=O)OC)=C1C. The van der Waals surface area contributed by atoms with Gasteiger partial charge in [0.05, 0.1) is 18.3 Å². The zero-order valence-corrected chi connectivity index (χ0v) is 18.0. The fraction of sp³-hybridized carbons (Fsp3) is 0.160. The van der Waals surface area contributed by atoms with E-state index >= 15 is 0 Å². The highest BCUT2D eigenvalue weighted by molar-refractivity contribution is 6.16. The van der Waals surface area contributed by atoms with E-state index in [-0.39, 0.29) is 29.6 Å². The standard InChI is InChI=1S/C25H24N2O5/c1-4-14-27-17(2)23(25(30)31-3)21(24(27)29)15-18-10-12-20(13-11-18)32-16-22(28)26-19-8-6-5-7-9-19/h4-13,15H,1,14,16H2,2-3H3,(H,26,28). The number of esters is 1. The summed E-state index contributed by atoms with van der Waals surface area (Å²) in [6, 6.07) is 16.0. The first-order valence-corrected chi connectivity index (χ1v) is 9.96. The minimum Gasteiger partial charge on any atom is -0.484 e. The van der Waals surface area contributed by atoms with Crippen LogP contribution in [0.1, 0.15) is 12.5 Å². The Bertz CT molecular complexity index is 1090. The van der Waals surface area contributed by atoms with Crippen LogP contribution in [-0.2, 0) is 19.1 Å². The summed E-state index contributed by atoms with van der Waals surface area (Å²) in [4.78, 5) is 38.6. The van der Waals surface area contributed by atoms with Crippen LogP contribution in [0.15, 0.2) is 84.1 Å². The van der Waals surface area contributed by atoms with Crippen LogP contribution in [0.25, 0.3) is 6.08 Å². The third kappa shape index (κ3) is 5.13.